The quantitative estimate of drug-likeness (QED) is 0.603. The number of nitrogens with one attached hydrogen (secondary N) is 2. The Balaban J connectivity index is 1.42. The third kappa shape index (κ3) is 6.17. The molecule has 1 fully saturated rings. The number of rotatable bonds is 8. The number of carboxylic acid groups (broad SMARTS) is 1. The van der Waals surface area contributed by atoms with Crippen molar-refractivity contribution in [3.8, 4) is 0 Å². The molecule has 2 aliphatic rings. The topological polar surface area (TPSA) is 94.6 Å². The van der Waals surface area contributed by atoms with Crippen LogP contribution in [0.5, 0.6) is 0 Å². The lowest BCUT2D eigenvalue weighted by Crippen LogP contribution is -2.47. The number of nitrogens with zero attached hydrogens (tertiary/aromatic N) is 2. The predicted octanol–water partition coefficient (Wildman–Crippen LogP) is 2.70. The summed E-state index contributed by atoms with van der Waals surface area (Å²) in [5, 5.41) is 15.5. The highest BCUT2D eigenvalue weighted by Gasteiger charge is 2.29. The number of carboxylic acids is 1. The molecule has 166 valence electrons. The molecule has 7 nitrogen and oxygen atoms in total. The minimum absolute atomic E-state index is 0.221. The highest BCUT2D eigenvalue weighted by Crippen LogP contribution is 2.24. The molecule has 7 heteroatoms. The zero-order valence-electron chi connectivity index (χ0n) is 18.5. The van der Waals surface area contributed by atoms with E-state index in [1.807, 2.05) is 0 Å². The summed E-state index contributed by atoms with van der Waals surface area (Å²) >= 11 is 0. The van der Waals surface area contributed by atoms with Crippen molar-refractivity contribution in [2.75, 3.05) is 31.5 Å². The van der Waals surface area contributed by atoms with Crippen LogP contribution >= 0.6 is 0 Å². The molecule has 3 heterocycles. The number of aliphatic carboxylic acids is 1. The number of fused-ring (bicyclic) bond motifs is 1. The smallest absolute Gasteiger partial charge is 0.326 e. The first-order chi connectivity index (χ1) is 14.2. The standard InChI is InChI=1S/C23H36N4O3/c1-23(2,3)22(30)26-19(21(28)29)11-14-27-13-10-16(15-27)6-8-18-9-7-17-5-4-12-24-20(17)25-18/h7,9,16,19H,4-6,8,10-15H2,1-3H3,(H,24,25)(H,26,30)(H,28,29)/t16-,19?/m0/s1. The van der Waals surface area contributed by atoms with Crippen LogP contribution in [0.15, 0.2) is 12.1 Å². The lowest BCUT2D eigenvalue weighted by atomic mass is 9.95. The first-order valence-corrected chi connectivity index (χ1v) is 11.2. The Kier molecular flexibility index (Phi) is 7.34. The van der Waals surface area contributed by atoms with E-state index in [1.54, 1.807) is 20.8 Å². The van der Waals surface area contributed by atoms with E-state index < -0.39 is 17.4 Å². The Morgan fingerprint density at radius 1 is 1.37 bits per heavy atom. The van der Waals surface area contributed by atoms with Crippen LogP contribution in [-0.2, 0) is 22.4 Å². The van der Waals surface area contributed by atoms with Crippen LogP contribution in [0, 0.1) is 11.3 Å². The summed E-state index contributed by atoms with van der Waals surface area (Å²) in [5.74, 6) is 0.490. The van der Waals surface area contributed by atoms with Crippen molar-refractivity contribution in [2.45, 2.75) is 65.3 Å². The summed E-state index contributed by atoms with van der Waals surface area (Å²) in [6.07, 6.45) is 5.94. The number of carbonyl (C=O) groups is 2. The minimum Gasteiger partial charge on any atom is -0.480 e. The zero-order chi connectivity index (χ0) is 21.7. The maximum Gasteiger partial charge on any atom is 0.326 e. The second-order valence-corrected chi connectivity index (χ2v) is 9.74. The summed E-state index contributed by atoms with van der Waals surface area (Å²) < 4.78 is 0. The van der Waals surface area contributed by atoms with Gasteiger partial charge in [-0.25, -0.2) is 9.78 Å². The van der Waals surface area contributed by atoms with Crippen LogP contribution in [0.3, 0.4) is 0 Å². The van der Waals surface area contributed by atoms with Crippen molar-refractivity contribution in [1.82, 2.24) is 15.2 Å². The molecule has 1 aromatic rings. The molecule has 0 radical (unpaired) electrons. The molecule has 0 aromatic carbocycles. The molecule has 2 atom stereocenters. The van der Waals surface area contributed by atoms with Gasteiger partial charge in [0.25, 0.3) is 0 Å². The molecule has 0 bridgehead atoms. The van der Waals surface area contributed by atoms with Gasteiger partial charge in [-0.2, -0.15) is 0 Å². The first kappa shape index (κ1) is 22.5. The molecule has 0 aliphatic carbocycles. The lowest BCUT2D eigenvalue weighted by Gasteiger charge is -2.24. The Morgan fingerprint density at radius 2 is 2.17 bits per heavy atom. The average molecular weight is 417 g/mol. The Morgan fingerprint density at radius 3 is 2.90 bits per heavy atom. The van der Waals surface area contributed by atoms with Crippen LogP contribution in [0.25, 0.3) is 0 Å². The van der Waals surface area contributed by atoms with E-state index in [-0.39, 0.29) is 5.91 Å². The Bertz CT molecular complexity index is 759. The minimum atomic E-state index is -0.963. The summed E-state index contributed by atoms with van der Waals surface area (Å²) in [5.41, 5.74) is 1.88. The third-order valence-electron chi connectivity index (χ3n) is 6.15. The van der Waals surface area contributed by atoms with E-state index in [1.165, 1.54) is 12.0 Å². The maximum absolute atomic E-state index is 12.1. The number of aryl methyl sites for hydroxylation is 2. The van der Waals surface area contributed by atoms with Gasteiger partial charge in [-0.1, -0.05) is 26.8 Å². The van der Waals surface area contributed by atoms with Gasteiger partial charge >= 0.3 is 5.97 Å². The van der Waals surface area contributed by atoms with Gasteiger partial charge in [-0.05, 0) is 62.6 Å². The fraction of sp³-hybridized carbons (Fsp3) is 0.696. The fourth-order valence-corrected chi connectivity index (χ4v) is 4.16. The summed E-state index contributed by atoms with van der Waals surface area (Å²) in [6.45, 7) is 9.05. The normalized spacial score (nSPS) is 20.3. The van der Waals surface area contributed by atoms with Crippen molar-refractivity contribution < 1.29 is 14.7 Å². The molecule has 3 N–H and O–H groups in total. The molecule has 0 saturated carbocycles. The lowest BCUT2D eigenvalue weighted by molar-refractivity contribution is -0.143. The van der Waals surface area contributed by atoms with E-state index in [9.17, 15) is 14.7 Å². The average Bonchev–Trinajstić information content (AvgIpc) is 3.16. The van der Waals surface area contributed by atoms with E-state index in [0.29, 0.717) is 18.9 Å². The summed E-state index contributed by atoms with van der Waals surface area (Å²) in [4.78, 5) is 30.8. The second-order valence-electron chi connectivity index (χ2n) is 9.74. The number of hydrogen-bond donors (Lipinski definition) is 3. The second kappa shape index (κ2) is 9.77. The van der Waals surface area contributed by atoms with Crippen molar-refractivity contribution in [3.63, 3.8) is 0 Å². The monoisotopic (exact) mass is 416 g/mol. The van der Waals surface area contributed by atoms with Crippen LogP contribution in [-0.4, -0.2) is 59.1 Å². The third-order valence-corrected chi connectivity index (χ3v) is 6.15. The molecule has 0 spiro atoms. The van der Waals surface area contributed by atoms with Gasteiger partial charge in [0.1, 0.15) is 11.9 Å². The van der Waals surface area contributed by atoms with Crippen molar-refractivity contribution in [2.24, 2.45) is 11.3 Å². The summed E-state index contributed by atoms with van der Waals surface area (Å²) in [7, 11) is 0. The molecule has 1 amide bonds. The van der Waals surface area contributed by atoms with Gasteiger partial charge in [0, 0.05) is 30.7 Å². The molecule has 3 rings (SSSR count). The number of hydrogen-bond acceptors (Lipinski definition) is 5. The van der Waals surface area contributed by atoms with Gasteiger partial charge < -0.3 is 20.6 Å². The molecular formula is C23H36N4O3. The number of pyridine rings is 1. The van der Waals surface area contributed by atoms with Crippen LogP contribution in [0.4, 0.5) is 5.82 Å². The predicted molar refractivity (Wildman–Crippen MR) is 118 cm³/mol. The number of carbonyl (C=O) groups excluding carboxylic acids is 1. The molecule has 2 aliphatic heterocycles. The van der Waals surface area contributed by atoms with Crippen LogP contribution in [0.1, 0.15) is 57.7 Å². The van der Waals surface area contributed by atoms with Gasteiger partial charge in [0.2, 0.25) is 5.91 Å². The van der Waals surface area contributed by atoms with E-state index >= 15 is 0 Å². The Labute approximate surface area is 179 Å². The summed E-state index contributed by atoms with van der Waals surface area (Å²) in [6, 6.07) is 3.54. The number of anilines is 1. The van der Waals surface area contributed by atoms with Crippen molar-refractivity contribution in [3.05, 3.63) is 23.4 Å². The van der Waals surface area contributed by atoms with E-state index in [4.69, 9.17) is 4.98 Å². The number of likely N-dealkylation sites (tertiary alicyclic amines) is 1. The fourth-order valence-electron chi connectivity index (χ4n) is 4.16. The van der Waals surface area contributed by atoms with Crippen LogP contribution < -0.4 is 10.6 Å². The highest BCUT2D eigenvalue weighted by molar-refractivity contribution is 5.86. The number of amides is 1. The van der Waals surface area contributed by atoms with Crippen LogP contribution in [0.2, 0.25) is 0 Å². The first-order valence-electron chi connectivity index (χ1n) is 11.2. The van der Waals surface area contributed by atoms with Gasteiger partial charge in [0.05, 0.1) is 0 Å². The van der Waals surface area contributed by atoms with Gasteiger partial charge in [0.15, 0.2) is 0 Å². The van der Waals surface area contributed by atoms with Crippen molar-refractivity contribution in [1.29, 1.82) is 0 Å². The van der Waals surface area contributed by atoms with Gasteiger partial charge in [-0.3, -0.25) is 4.79 Å². The molecule has 1 saturated heterocycles. The van der Waals surface area contributed by atoms with Gasteiger partial charge in [-0.15, -0.1) is 0 Å². The zero-order valence-corrected chi connectivity index (χ0v) is 18.5. The van der Waals surface area contributed by atoms with E-state index in [0.717, 1.165) is 56.8 Å². The maximum atomic E-state index is 12.1. The van der Waals surface area contributed by atoms with Crippen molar-refractivity contribution >= 4 is 17.7 Å². The largest absolute Gasteiger partial charge is 0.480 e. The Hall–Kier alpha value is -2.15. The number of aromatic nitrogens is 1. The molecule has 1 unspecified atom stereocenters. The molecular weight excluding hydrogens is 380 g/mol. The highest BCUT2D eigenvalue weighted by atomic mass is 16.4. The molecule has 30 heavy (non-hydrogen) atoms. The van der Waals surface area contributed by atoms with E-state index in [2.05, 4.69) is 27.7 Å². The molecule has 1 aromatic heterocycles. The SMILES string of the molecule is CC(C)(C)C(=O)NC(CCN1CC[C@H](CCc2ccc3c(n2)NCCC3)C1)C(=O)O.